The molecule has 0 saturated heterocycles. The zero-order chi connectivity index (χ0) is 16.1. The standard InChI is InChI=1S/C16H14BrF2NO2/c1-22-15-6-2-10(8-12(15)17)3-7-16(21)20-14-9-11(18)4-5-13(14)19/h2,4-6,8-9H,3,7H2,1H3,(H,20,21). The second-order valence-corrected chi connectivity index (χ2v) is 5.50. The highest BCUT2D eigenvalue weighted by molar-refractivity contribution is 9.10. The van der Waals surface area contributed by atoms with Crippen LogP contribution in [-0.2, 0) is 11.2 Å². The van der Waals surface area contributed by atoms with Gasteiger partial charge in [-0.1, -0.05) is 6.07 Å². The van der Waals surface area contributed by atoms with Crippen molar-refractivity contribution in [2.45, 2.75) is 12.8 Å². The number of benzene rings is 2. The van der Waals surface area contributed by atoms with Crippen LogP contribution < -0.4 is 10.1 Å². The Bertz CT molecular complexity index is 692. The number of carbonyl (C=O) groups excluding carboxylic acids is 1. The van der Waals surface area contributed by atoms with Crippen molar-refractivity contribution in [1.82, 2.24) is 0 Å². The fourth-order valence-corrected chi connectivity index (χ4v) is 2.52. The molecule has 2 aromatic carbocycles. The molecule has 0 aromatic heterocycles. The summed E-state index contributed by atoms with van der Waals surface area (Å²) in [5.74, 6) is -0.941. The number of hydrogen-bond donors (Lipinski definition) is 1. The van der Waals surface area contributed by atoms with Gasteiger partial charge >= 0.3 is 0 Å². The highest BCUT2D eigenvalue weighted by Crippen LogP contribution is 2.26. The van der Waals surface area contributed by atoms with Gasteiger partial charge in [-0.3, -0.25) is 4.79 Å². The molecule has 22 heavy (non-hydrogen) atoms. The van der Waals surface area contributed by atoms with Crippen LogP contribution in [0.2, 0.25) is 0 Å². The Hall–Kier alpha value is -1.95. The SMILES string of the molecule is COc1ccc(CCC(=O)Nc2cc(F)ccc2F)cc1Br. The maximum absolute atomic E-state index is 13.4. The summed E-state index contributed by atoms with van der Waals surface area (Å²) in [4.78, 5) is 11.8. The Balaban J connectivity index is 1.95. The van der Waals surface area contributed by atoms with E-state index >= 15 is 0 Å². The van der Waals surface area contributed by atoms with Gasteiger partial charge in [-0.05, 0) is 52.2 Å². The van der Waals surface area contributed by atoms with E-state index in [1.165, 1.54) is 0 Å². The number of hydrogen-bond acceptors (Lipinski definition) is 2. The molecule has 116 valence electrons. The van der Waals surface area contributed by atoms with E-state index in [1.807, 2.05) is 12.1 Å². The molecule has 0 aliphatic carbocycles. The lowest BCUT2D eigenvalue weighted by atomic mass is 10.1. The number of anilines is 1. The third-order valence-corrected chi connectivity index (χ3v) is 3.68. The van der Waals surface area contributed by atoms with E-state index in [0.29, 0.717) is 12.2 Å². The number of amides is 1. The quantitative estimate of drug-likeness (QED) is 0.852. The Kier molecular flexibility index (Phi) is 5.49. The van der Waals surface area contributed by atoms with E-state index in [4.69, 9.17) is 4.74 Å². The first-order valence-corrected chi connectivity index (χ1v) is 7.36. The summed E-state index contributed by atoms with van der Waals surface area (Å²) < 4.78 is 32.4. The fourth-order valence-electron chi connectivity index (χ4n) is 1.93. The van der Waals surface area contributed by atoms with Crippen LogP contribution in [0.4, 0.5) is 14.5 Å². The predicted molar refractivity (Wildman–Crippen MR) is 84.0 cm³/mol. The number of methoxy groups -OCH3 is 1. The van der Waals surface area contributed by atoms with E-state index in [0.717, 1.165) is 28.2 Å². The Morgan fingerprint density at radius 2 is 2.00 bits per heavy atom. The molecule has 0 saturated carbocycles. The summed E-state index contributed by atoms with van der Waals surface area (Å²) in [6, 6.07) is 8.43. The highest BCUT2D eigenvalue weighted by atomic mass is 79.9. The normalized spacial score (nSPS) is 10.4. The minimum Gasteiger partial charge on any atom is -0.496 e. The van der Waals surface area contributed by atoms with Gasteiger partial charge in [0.15, 0.2) is 0 Å². The Morgan fingerprint density at radius 1 is 1.23 bits per heavy atom. The van der Waals surface area contributed by atoms with Gasteiger partial charge in [0, 0.05) is 12.5 Å². The van der Waals surface area contributed by atoms with Crippen molar-refractivity contribution in [1.29, 1.82) is 0 Å². The molecule has 0 atom stereocenters. The number of ether oxygens (including phenoxy) is 1. The zero-order valence-corrected chi connectivity index (χ0v) is 13.4. The van der Waals surface area contributed by atoms with Crippen molar-refractivity contribution >= 4 is 27.5 Å². The molecule has 0 fully saturated rings. The molecule has 0 heterocycles. The van der Waals surface area contributed by atoms with Crippen LogP contribution in [-0.4, -0.2) is 13.0 Å². The lowest BCUT2D eigenvalue weighted by molar-refractivity contribution is -0.116. The molecule has 0 unspecified atom stereocenters. The average molecular weight is 370 g/mol. The van der Waals surface area contributed by atoms with Crippen LogP contribution in [0.5, 0.6) is 5.75 Å². The van der Waals surface area contributed by atoms with Gasteiger partial charge in [-0.25, -0.2) is 8.78 Å². The van der Waals surface area contributed by atoms with Gasteiger partial charge in [0.25, 0.3) is 0 Å². The first kappa shape index (κ1) is 16.4. The fraction of sp³-hybridized carbons (Fsp3) is 0.188. The average Bonchev–Trinajstić information content (AvgIpc) is 2.49. The molecular formula is C16H14BrF2NO2. The van der Waals surface area contributed by atoms with E-state index in [-0.39, 0.29) is 18.0 Å². The van der Waals surface area contributed by atoms with Gasteiger partial charge in [0.1, 0.15) is 17.4 Å². The monoisotopic (exact) mass is 369 g/mol. The van der Waals surface area contributed by atoms with Gasteiger partial charge in [-0.15, -0.1) is 0 Å². The van der Waals surface area contributed by atoms with Crippen LogP contribution >= 0.6 is 15.9 Å². The van der Waals surface area contributed by atoms with E-state index < -0.39 is 11.6 Å². The summed E-state index contributed by atoms with van der Waals surface area (Å²) in [5, 5.41) is 2.37. The summed E-state index contributed by atoms with van der Waals surface area (Å²) in [5.41, 5.74) is 0.781. The van der Waals surface area contributed by atoms with E-state index in [9.17, 15) is 13.6 Å². The smallest absolute Gasteiger partial charge is 0.224 e. The molecule has 0 aliphatic heterocycles. The number of aryl methyl sites for hydroxylation is 1. The van der Waals surface area contributed by atoms with E-state index in [1.54, 1.807) is 13.2 Å². The number of halogens is 3. The topological polar surface area (TPSA) is 38.3 Å². The molecule has 2 aromatic rings. The van der Waals surface area contributed by atoms with Crippen molar-refractivity contribution in [3.63, 3.8) is 0 Å². The van der Waals surface area contributed by atoms with Crippen molar-refractivity contribution in [2.24, 2.45) is 0 Å². The van der Waals surface area contributed by atoms with Crippen LogP contribution in [0, 0.1) is 11.6 Å². The van der Waals surface area contributed by atoms with Gasteiger partial charge in [-0.2, -0.15) is 0 Å². The molecule has 0 radical (unpaired) electrons. The molecule has 6 heteroatoms. The molecular weight excluding hydrogens is 356 g/mol. The second kappa shape index (κ2) is 7.35. The maximum atomic E-state index is 13.4. The maximum Gasteiger partial charge on any atom is 0.224 e. The van der Waals surface area contributed by atoms with Crippen molar-refractivity contribution < 1.29 is 18.3 Å². The molecule has 0 spiro atoms. The molecule has 0 bridgehead atoms. The number of nitrogens with one attached hydrogen (secondary N) is 1. The predicted octanol–water partition coefficient (Wildman–Crippen LogP) is 4.31. The van der Waals surface area contributed by atoms with Crippen molar-refractivity contribution in [3.05, 3.63) is 58.1 Å². The molecule has 1 N–H and O–H groups in total. The summed E-state index contributed by atoms with van der Waals surface area (Å²) >= 11 is 3.37. The highest BCUT2D eigenvalue weighted by Gasteiger charge is 2.09. The van der Waals surface area contributed by atoms with Gasteiger partial charge in [0.05, 0.1) is 17.3 Å². The molecule has 2 rings (SSSR count). The molecule has 0 aliphatic rings. The van der Waals surface area contributed by atoms with Crippen LogP contribution in [0.3, 0.4) is 0 Å². The third-order valence-electron chi connectivity index (χ3n) is 3.06. The third kappa shape index (κ3) is 4.27. The largest absolute Gasteiger partial charge is 0.496 e. The Labute approximate surface area is 135 Å². The Morgan fingerprint density at radius 3 is 2.68 bits per heavy atom. The lowest BCUT2D eigenvalue weighted by Crippen LogP contribution is -2.13. The second-order valence-electron chi connectivity index (χ2n) is 4.64. The number of rotatable bonds is 5. The summed E-state index contributed by atoms with van der Waals surface area (Å²) in [7, 11) is 1.57. The number of carbonyl (C=O) groups is 1. The van der Waals surface area contributed by atoms with Crippen LogP contribution in [0.1, 0.15) is 12.0 Å². The van der Waals surface area contributed by atoms with Crippen molar-refractivity contribution in [2.75, 3.05) is 12.4 Å². The first-order chi connectivity index (χ1) is 10.5. The molecule has 3 nitrogen and oxygen atoms in total. The lowest BCUT2D eigenvalue weighted by Gasteiger charge is -2.08. The molecule has 1 amide bonds. The van der Waals surface area contributed by atoms with Gasteiger partial charge < -0.3 is 10.1 Å². The zero-order valence-electron chi connectivity index (χ0n) is 11.8. The van der Waals surface area contributed by atoms with Crippen molar-refractivity contribution in [3.8, 4) is 5.75 Å². The minimum atomic E-state index is -0.665. The van der Waals surface area contributed by atoms with Crippen LogP contribution in [0.15, 0.2) is 40.9 Å². The minimum absolute atomic E-state index is 0.152. The van der Waals surface area contributed by atoms with Crippen LogP contribution in [0.25, 0.3) is 0 Å². The summed E-state index contributed by atoms with van der Waals surface area (Å²) in [6.45, 7) is 0. The first-order valence-electron chi connectivity index (χ1n) is 6.57. The summed E-state index contributed by atoms with van der Waals surface area (Å²) in [6.07, 6.45) is 0.639. The van der Waals surface area contributed by atoms with Gasteiger partial charge in [0.2, 0.25) is 5.91 Å². The van der Waals surface area contributed by atoms with E-state index in [2.05, 4.69) is 21.2 Å².